The van der Waals surface area contributed by atoms with Crippen molar-refractivity contribution in [1.29, 1.82) is 0 Å². The van der Waals surface area contributed by atoms with E-state index in [1.807, 2.05) is 0 Å². The first-order valence-corrected chi connectivity index (χ1v) is 6.83. The van der Waals surface area contributed by atoms with Crippen LogP contribution in [0.15, 0.2) is 12.1 Å². The first-order chi connectivity index (χ1) is 9.09. The minimum absolute atomic E-state index is 0.00536. The van der Waals surface area contributed by atoms with Gasteiger partial charge in [-0.2, -0.15) is 0 Å². The Bertz CT molecular complexity index is 631. The maximum atomic E-state index is 14.2. The normalized spacial score (nSPS) is 15.8. The molecule has 0 atom stereocenters. The van der Waals surface area contributed by atoms with Gasteiger partial charge in [-0.15, -0.1) is 0 Å². The molecule has 4 heteroatoms. The number of nitrogens with zero attached hydrogens (tertiary/aromatic N) is 1. The summed E-state index contributed by atoms with van der Waals surface area (Å²) in [4.78, 5) is 0. The highest BCUT2D eigenvalue weighted by atomic mass is 19.1. The Kier molecular flexibility index (Phi) is 2.97. The zero-order chi connectivity index (χ0) is 13.6. The summed E-state index contributed by atoms with van der Waals surface area (Å²) in [5.74, 6) is -0.00566. The van der Waals surface area contributed by atoms with Gasteiger partial charge >= 0.3 is 0 Å². The third kappa shape index (κ3) is 1.91. The summed E-state index contributed by atoms with van der Waals surface area (Å²) in [6.45, 7) is 6.80. The van der Waals surface area contributed by atoms with Gasteiger partial charge in [0, 0.05) is 43.2 Å². The Labute approximate surface area is 112 Å². The highest BCUT2D eigenvalue weighted by Crippen LogP contribution is 2.36. The number of halogens is 1. The Hall–Kier alpha value is -1.55. The average Bonchev–Trinajstić information content (AvgIpc) is 2.48. The summed E-state index contributed by atoms with van der Waals surface area (Å²) in [5, 5.41) is 13.9. The number of phenols is 1. The smallest absolute Gasteiger partial charge is 0.151 e. The molecule has 19 heavy (non-hydrogen) atoms. The molecule has 0 unspecified atom stereocenters. The molecular formula is C15H19FN2O. The molecule has 2 N–H and O–H groups in total. The van der Waals surface area contributed by atoms with Crippen LogP contribution in [0, 0.1) is 5.82 Å². The fourth-order valence-electron chi connectivity index (χ4n) is 3.18. The van der Waals surface area contributed by atoms with Crippen LogP contribution in [0.25, 0.3) is 10.9 Å². The van der Waals surface area contributed by atoms with Crippen LogP contribution in [0.2, 0.25) is 0 Å². The van der Waals surface area contributed by atoms with Gasteiger partial charge < -0.3 is 15.0 Å². The third-order valence-corrected chi connectivity index (χ3v) is 3.87. The largest absolute Gasteiger partial charge is 0.508 e. The zero-order valence-electron chi connectivity index (χ0n) is 11.3. The van der Waals surface area contributed by atoms with Crippen LogP contribution < -0.4 is 5.32 Å². The van der Waals surface area contributed by atoms with Crippen LogP contribution in [0.3, 0.4) is 0 Å². The van der Waals surface area contributed by atoms with Crippen molar-refractivity contribution in [1.82, 2.24) is 9.88 Å². The van der Waals surface area contributed by atoms with Crippen molar-refractivity contribution in [2.75, 3.05) is 13.1 Å². The van der Waals surface area contributed by atoms with Crippen molar-refractivity contribution in [3.63, 3.8) is 0 Å². The molecule has 0 fully saturated rings. The van der Waals surface area contributed by atoms with E-state index in [2.05, 4.69) is 23.7 Å². The van der Waals surface area contributed by atoms with Crippen LogP contribution in [0.5, 0.6) is 5.75 Å². The van der Waals surface area contributed by atoms with Gasteiger partial charge in [0.05, 0.1) is 5.52 Å². The Morgan fingerprint density at radius 1 is 1.32 bits per heavy atom. The number of aromatic nitrogens is 1. The van der Waals surface area contributed by atoms with Crippen LogP contribution in [0.1, 0.15) is 31.0 Å². The lowest BCUT2D eigenvalue weighted by Gasteiger charge is -2.09. The summed E-state index contributed by atoms with van der Waals surface area (Å²) in [6, 6.07) is 2.90. The van der Waals surface area contributed by atoms with E-state index >= 15 is 0 Å². The number of nitrogens with one attached hydrogen (secondary N) is 1. The van der Waals surface area contributed by atoms with E-state index in [0.717, 1.165) is 31.4 Å². The second-order valence-electron chi connectivity index (χ2n) is 5.49. The van der Waals surface area contributed by atoms with E-state index in [1.165, 1.54) is 17.3 Å². The predicted molar refractivity (Wildman–Crippen MR) is 74.2 cm³/mol. The van der Waals surface area contributed by atoms with Crippen molar-refractivity contribution in [3.8, 4) is 5.75 Å². The topological polar surface area (TPSA) is 37.2 Å². The number of rotatable bonds is 1. The minimum Gasteiger partial charge on any atom is -0.508 e. The van der Waals surface area contributed by atoms with Crippen molar-refractivity contribution in [2.24, 2.45) is 0 Å². The summed E-state index contributed by atoms with van der Waals surface area (Å²) in [7, 11) is 0. The van der Waals surface area contributed by atoms with Crippen LogP contribution in [-0.2, 0) is 13.0 Å². The van der Waals surface area contributed by atoms with Gasteiger partial charge in [0.1, 0.15) is 5.75 Å². The maximum Gasteiger partial charge on any atom is 0.151 e. The molecule has 0 spiro atoms. The zero-order valence-corrected chi connectivity index (χ0v) is 11.3. The molecule has 102 valence electrons. The van der Waals surface area contributed by atoms with Gasteiger partial charge in [-0.3, -0.25) is 0 Å². The first kappa shape index (κ1) is 12.5. The molecule has 0 radical (unpaired) electrons. The van der Waals surface area contributed by atoms with Gasteiger partial charge in [-0.05, 0) is 17.5 Å². The summed E-state index contributed by atoms with van der Waals surface area (Å²) in [5.41, 5.74) is 3.02. The summed E-state index contributed by atoms with van der Waals surface area (Å²) in [6.07, 6.45) is 0.905. The van der Waals surface area contributed by atoms with E-state index in [4.69, 9.17) is 0 Å². The first-order valence-electron chi connectivity index (χ1n) is 6.83. The van der Waals surface area contributed by atoms with E-state index in [0.29, 0.717) is 11.4 Å². The molecule has 0 saturated heterocycles. The molecule has 0 saturated carbocycles. The van der Waals surface area contributed by atoms with Crippen molar-refractivity contribution < 1.29 is 9.50 Å². The predicted octanol–water partition coefficient (Wildman–Crippen LogP) is 2.76. The number of hydrogen-bond donors (Lipinski definition) is 2. The fraction of sp³-hybridized carbons (Fsp3) is 0.467. The van der Waals surface area contributed by atoms with Crippen LogP contribution in [0.4, 0.5) is 4.39 Å². The lowest BCUT2D eigenvalue weighted by atomic mass is 9.98. The molecule has 0 amide bonds. The molecule has 0 bridgehead atoms. The van der Waals surface area contributed by atoms with E-state index in [9.17, 15) is 9.50 Å². The SMILES string of the molecule is CC(C)c1c2n(c3c(F)cc(O)cc13)CCNCC2. The number of aromatic hydroxyl groups is 1. The van der Waals surface area contributed by atoms with Gasteiger partial charge in [-0.25, -0.2) is 4.39 Å². The molecule has 0 aliphatic carbocycles. The molecule has 1 aliphatic heterocycles. The number of phenolic OH excluding ortho intramolecular Hbond substituents is 1. The maximum absolute atomic E-state index is 14.2. The number of benzene rings is 1. The van der Waals surface area contributed by atoms with Crippen LogP contribution >= 0.6 is 0 Å². The molecule has 3 nitrogen and oxygen atoms in total. The van der Waals surface area contributed by atoms with E-state index < -0.39 is 0 Å². The number of fused-ring (bicyclic) bond motifs is 3. The van der Waals surface area contributed by atoms with Crippen molar-refractivity contribution in [3.05, 3.63) is 29.2 Å². The molecular weight excluding hydrogens is 243 g/mol. The highest BCUT2D eigenvalue weighted by molar-refractivity contribution is 5.88. The standard InChI is InChI=1S/C15H19FN2O/c1-9(2)14-11-7-10(19)8-12(16)15(11)18-6-5-17-4-3-13(14)18/h7-9,17,19H,3-6H2,1-2H3. The van der Waals surface area contributed by atoms with Gasteiger partial charge in [0.15, 0.2) is 5.82 Å². The quantitative estimate of drug-likeness (QED) is 0.829. The third-order valence-electron chi connectivity index (χ3n) is 3.87. The van der Waals surface area contributed by atoms with E-state index in [-0.39, 0.29) is 11.6 Å². The van der Waals surface area contributed by atoms with Crippen molar-refractivity contribution >= 4 is 10.9 Å². The lowest BCUT2D eigenvalue weighted by molar-refractivity contribution is 0.470. The molecule has 2 aromatic rings. The highest BCUT2D eigenvalue weighted by Gasteiger charge is 2.23. The Morgan fingerprint density at radius 3 is 2.84 bits per heavy atom. The van der Waals surface area contributed by atoms with Crippen molar-refractivity contribution in [2.45, 2.75) is 32.7 Å². The Balaban J connectivity index is 2.40. The van der Waals surface area contributed by atoms with E-state index in [1.54, 1.807) is 6.07 Å². The minimum atomic E-state index is -0.329. The van der Waals surface area contributed by atoms with Gasteiger partial charge in [0.25, 0.3) is 0 Å². The van der Waals surface area contributed by atoms with Gasteiger partial charge in [-0.1, -0.05) is 13.8 Å². The number of hydrogen-bond acceptors (Lipinski definition) is 2. The summed E-state index contributed by atoms with van der Waals surface area (Å²) < 4.78 is 16.3. The second-order valence-corrected chi connectivity index (χ2v) is 5.49. The second kappa shape index (κ2) is 4.53. The lowest BCUT2D eigenvalue weighted by Crippen LogP contribution is -2.17. The fourth-order valence-corrected chi connectivity index (χ4v) is 3.18. The Morgan fingerprint density at radius 2 is 2.11 bits per heavy atom. The molecule has 1 aromatic carbocycles. The monoisotopic (exact) mass is 262 g/mol. The molecule has 2 heterocycles. The summed E-state index contributed by atoms with van der Waals surface area (Å²) >= 11 is 0. The van der Waals surface area contributed by atoms with Gasteiger partial charge in [0.2, 0.25) is 0 Å². The molecule has 3 rings (SSSR count). The van der Waals surface area contributed by atoms with Crippen LogP contribution in [-0.4, -0.2) is 22.8 Å². The molecule has 1 aromatic heterocycles. The molecule has 1 aliphatic rings. The average molecular weight is 262 g/mol.